The van der Waals surface area contributed by atoms with Gasteiger partial charge in [0.25, 0.3) is 0 Å². The monoisotopic (exact) mass is 334 g/mol. The summed E-state index contributed by atoms with van der Waals surface area (Å²) in [7, 11) is 3.24. The van der Waals surface area contributed by atoms with Crippen LogP contribution in [-0.2, 0) is 11.3 Å². The lowest BCUT2D eigenvalue weighted by molar-refractivity contribution is -0.136. The third-order valence-electron chi connectivity index (χ3n) is 4.90. The van der Waals surface area contributed by atoms with E-state index in [2.05, 4.69) is 0 Å². The maximum Gasteiger partial charge on any atom is 0.227 e. The van der Waals surface area contributed by atoms with Gasteiger partial charge in [-0.2, -0.15) is 0 Å². The van der Waals surface area contributed by atoms with Gasteiger partial charge in [-0.1, -0.05) is 25.3 Å². The Labute approximate surface area is 145 Å². The highest BCUT2D eigenvalue weighted by Crippen LogP contribution is 2.29. The zero-order chi connectivity index (χ0) is 17.5. The van der Waals surface area contributed by atoms with Crippen LogP contribution < -0.4 is 15.2 Å². The highest BCUT2D eigenvalue weighted by molar-refractivity contribution is 5.79. The van der Waals surface area contributed by atoms with E-state index in [1.165, 1.54) is 6.42 Å². The lowest BCUT2D eigenvalue weighted by atomic mass is 9.93. The van der Waals surface area contributed by atoms with Gasteiger partial charge in [-0.25, -0.2) is 0 Å². The molecule has 2 N–H and O–H groups in total. The van der Waals surface area contributed by atoms with E-state index in [0.717, 1.165) is 31.2 Å². The van der Waals surface area contributed by atoms with Gasteiger partial charge in [0.2, 0.25) is 5.91 Å². The average molecular weight is 334 g/mol. The molecule has 1 aromatic carbocycles. The first kappa shape index (κ1) is 18.6. The van der Waals surface area contributed by atoms with Crippen LogP contribution in [0.2, 0.25) is 0 Å². The molecule has 0 aliphatic heterocycles. The molecule has 134 valence electrons. The molecule has 0 heterocycles. The second kappa shape index (κ2) is 8.92. The minimum atomic E-state index is -0.0485. The van der Waals surface area contributed by atoms with Crippen molar-refractivity contribution in [2.75, 3.05) is 20.8 Å². The second-order valence-electron chi connectivity index (χ2n) is 6.45. The summed E-state index contributed by atoms with van der Waals surface area (Å²) in [5.41, 5.74) is 7.30. The molecule has 0 saturated heterocycles. The van der Waals surface area contributed by atoms with Gasteiger partial charge in [0.05, 0.1) is 20.1 Å². The molecule has 0 aromatic heterocycles. The number of hydrogen-bond acceptors (Lipinski definition) is 4. The van der Waals surface area contributed by atoms with Crippen LogP contribution in [0, 0.1) is 5.92 Å². The summed E-state index contributed by atoms with van der Waals surface area (Å²) in [6.07, 6.45) is 5.26. The van der Waals surface area contributed by atoms with E-state index in [0.29, 0.717) is 24.6 Å². The molecule has 0 bridgehead atoms. The van der Waals surface area contributed by atoms with E-state index in [-0.39, 0.29) is 17.9 Å². The predicted octanol–water partition coefficient (Wildman–Crippen LogP) is 2.96. The van der Waals surface area contributed by atoms with E-state index in [4.69, 9.17) is 15.2 Å². The number of nitrogens with zero attached hydrogens (tertiary/aromatic N) is 1. The van der Waals surface area contributed by atoms with Gasteiger partial charge in [-0.15, -0.1) is 0 Å². The van der Waals surface area contributed by atoms with Gasteiger partial charge in [-0.05, 0) is 37.5 Å². The first-order valence-electron chi connectivity index (χ1n) is 8.86. The van der Waals surface area contributed by atoms with Gasteiger partial charge in [0.15, 0.2) is 11.5 Å². The van der Waals surface area contributed by atoms with Gasteiger partial charge in [0.1, 0.15) is 0 Å². The van der Waals surface area contributed by atoms with E-state index in [1.54, 1.807) is 14.2 Å². The lowest BCUT2D eigenvalue weighted by Crippen LogP contribution is -2.43. The van der Waals surface area contributed by atoms with Crippen molar-refractivity contribution >= 4 is 5.91 Å². The smallest absolute Gasteiger partial charge is 0.227 e. The molecule has 24 heavy (non-hydrogen) atoms. The molecule has 5 heteroatoms. The van der Waals surface area contributed by atoms with Crippen molar-refractivity contribution in [3.8, 4) is 11.5 Å². The number of ether oxygens (including phenoxy) is 2. The van der Waals surface area contributed by atoms with Crippen LogP contribution in [0.25, 0.3) is 0 Å². The predicted molar refractivity (Wildman–Crippen MR) is 95.2 cm³/mol. The summed E-state index contributed by atoms with van der Waals surface area (Å²) in [6, 6.07) is 5.77. The molecule has 1 saturated carbocycles. The first-order valence-corrected chi connectivity index (χ1v) is 8.86. The molecule has 0 radical (unpaired) electrons. The third kappa shape index (κ3) is 4.41. The minimum absolute atomic E-state index is 0.0144. The molecular weight excluding hydrogens is 304 g/mol. The van der Waals surface area contributed by atoms with Gasteiger partial charge in [-0.3, -0.25) is 4.79 Å². The van der Waals surface area contributed by atoms with Gasteiger partial charge in [0, 0.05) is 19.1 Å². The van der Waals surface area contributed by atoms with Gasteiger partial charge >= 0.3 is 0 Å². The number of hydrogen-bond donors (Lipinski definition) is 1. The maximum absolute atomic E-state index is 13.0. The fourth-order valence-corrected chi connectivity index (χ4v) is 3.42. The van der Waals surface area contributed by atoms with Crippen LogP contribution >= 0.6 is 0 Å². The molecule has 2 atom stereocenters. The van der Waals surface area contributed by atoms with Gasteiger partial charge < -0.3 is 20.1 Å². The summed E-state index contributed by atoms with van der Waals surface area (Å²) >= 11 is 0. The number of carbonyl (C=O) groups excluding carboxylic acids is 1. The first-order chi connectivity index (χ1) is 11.6. The Morgan fingerprint density at radius 2 is 1.88 bits per heavy atom. The lowest BCUT2D eigenvalue weighted by Gasteiger charge is -2.29. The van der Waals surface area contributed by atoms with Crippen LogP contribution in [0.4, 0.5) is 0 Å². The van der Waals surface area contributed by atoms with Crippen LogP contribution in [0.1, 0.15) is 44.6 Å². The Bertz CT molecular complexity index is 547. The topological polar surface area (TPSA) is 64.8 Å². The zero-order valence-electron chi connectivity index (χ0n) is 15.1. The summed E-state index contributed by atoms with van der Waals surface area (Å²) in [6.45, 7) is 3.26. The number of methoxy groups -OCH3 is 2. The third-order valence-corrected chi connectivity index (χ3v) is 4.90. The number of carbonyl (C=O) groups is 1. The molecular formula is C19H30N2O3. The van der Waals surface area contributed by atoms with E-state index in [1.807, 2.05) is 30.0 Å². The quantitative estimate of drug-likeness (QED) is 0.812. The highest BCUT2D eigenvalue weighted by atomic mass is 16.5. The molecule has 1 aliphatic carbocycles. The van der Waals surface area contributed by atoms with Crippen molar-refractivity contribution < 1.29 is 14.3 Å². The minimum Gasteiger partial charge on any atom is -0.493 e. The SMILES string of the molecule is CCN(Cc1ccc(OC)c(OC)c1)C(=O)[C@@H]1CCCCC[C@@H]1N. The fraction of sp³-hybridized carbons (Fsp3) is 0.632. The van der Waals surface area contributed by atoms with Crippen molar-refractivity contribution in [2.45, 2.75) is 51.6 Å². The molecule has 1 fully saturated rings. The standard InChI is InChI=1S/C19H30N2O3/c1-4-21(19(22)15-8-6-5-7-9-16(15)20)13-14-10-11-17(23-2)18(12-14)24-3/h10-12,15-16H,4-9,13,20H2,1-3H3/t15-,16+/m1/s1. The van der Waals surface area contributed by atoms with E-state index in [9.17, 15) is 4.79 Å². The Morgan fingerprint density at radius 1 is 1.17 bits per heavy atom. The number of amides is 1. The van der Waals surface area contributed by atoms with Crippen molar-refractivity contribution in [1.82, 2.24) is 4.90 Å². The van der Waals surface area contributed by atoms with Crippen molar-refractivity contribution in [3.63, 3.8) is 0 Å². The van der Waals surface area contributed by atoms with Crippen LogP contribution in [0.5, 0.6) is 11.5 Å². The van der Waals surface area contributed by atoms with E-state index >= 15 is 0 Å². The van der Waals surface area contributed by atoms with Crippen molar-refractivity contribution in [2.24, 2.45) is 11.7 Å². The molecule has 1 amide bonds. The summed E-state index contributed by atoms with van der Waals surface area (Å²) < 4.78 is 10.6. The Kier molecular flexibility index (Phi) is 6.91. The molecule has 5 nitrogen and oxygen atoms in total. The Hall–Kier alpha value is -1.75. The van der Waals surface area contributed by atoms with Crippen molar-refractivity contribution in [3.05, 3.63) is 23.8 Å². The largest absolute Gasteiger partial charge is 0.493 e. The van der Waals surface area contributed by atoms with Crippen molar-refractivity contribution in [1.29, 1.82) is 0 Å². The molecule has 1 aliphatic rings. The molecule has 2 rings (SSSR count). The second-order valence-corrected chi connectivity index (χ2v) is 6.45. The fourth-order valence-electron chi connectivity index (χ4n) is 3.42. The molecule has 0 unspecified atom stereocenters. The number of benzene rings is 1. The zero-order valence-corrected chi connectivity index (χ0v) is 15.1. The van der Waals surface area contributed by atoms with Crippen LogP contribution in [0.15, 0.2) is 18.2 Å². The summed E-state index contributed by atoms with van der Waals surface area (Å²) in [4.78, 5) is 14.9. The summed E-state index contributed by atoms with van der Waals surface area (Å²) in [5, 5.41) is 0. The molecule has 1 aromatic rings. The molecule has 0 spiro atoms. The maximum atomic E-state index is 13.0. The Balaban J connectivity index is 2.12. The number of nitrogens with two attached hydrogens (primary N) is 1. The highest BCUT2D eigenvalue weighted by Gasteiger charge is 2.30. The van der Waals surface area contributed by atoms with Crippen LogP contribution in [0.3, 0.4) is 0 Å². The van der Waals surface area contributed by atoms with Crippen LogP contribution in [-0.4, -0.2) is 37.6 Å². The average Bonchev–Trinajstić information content (AvgIpc) is 2.83. The summed E-state index contributed by atoms with van der Waals surface area (Å²) in [5.74, 6) is 1.51. The normalized spacial score (nSPS) is 21.0. The van der Waals surface area contributed by atoms with E-state index < -0.39 is 0 Å². The Morgan fingerprint density at radius 3 is 2.54 bits per heavy atom. The number of rotatable bonds is 6.